The minimum absolute atomic E-state index is 0.0866. The van der Waals surface area contributed by atoms with E-state index in [1.807, 2.05) is 91.0 Å². The third kappa shape index (κ3) is 4.18. The van der Waals surface area contributed by atoms with Crippen molar-refractivity contribution in [2.24, 2.45) is 14.1 Å². The highest BCUT2D eigenvalue weighted by Gasteiger charge is 2.26. The molecule has 0 aliphatic rings. The summed E-state index contributed by atoms with van der Waals surface area (Å²) in [6.07, 6.45) is 0. The fourth-order valence-corrected chi connectivity index (χ4v) is 4.42. The summed E-state index contributed by atoms with van der Waals surface area (Å²) < 4.78 is 4.30. The molecular formula is C29H25N5O3. The summed E-state index contributed by atoms with van der Waals surface area (Å²) in [5, 5.41) is 7.27. The number of anilines is 1. The van der Waals surface area contributed by atoms with Crippen LogP contribution in [0.1, 0.15) is 16.1 Å². The van der Waals surface area contributed by atoms with E-state index in [-0.39, 0.29) is 11.3 Å². The third-order valence-corrected chi connectivity index (χ3v) is 6.37. The minimum atomic E-state index is -0.676. The predicted octanol–water partition coefficient (Wildman–Crippen LogP) is 4.16. The van der Waals surface area contributed by atoms with E-state index in [4.69, 9.17) is 0 Å². The number of carbonyl (C=O) groups is 1. The van der Waals surface area contributed by atoms with Crippen LogP contribution in [-0.4, -0.2) is 25.1 Å². The van der Waals surface area contributed by atoms with Crippen LogP contribution < -0.4 is 16.4 Å². The highest BCUT2D eigenvalue weighted by molar-refractivity contribution is 6.10. The summed E-state index contributed by atoms with van der Waals surface area (Å²) in [6.45, 7) is 1.74. The van der Waals surface area contributed by atoms with Gasteiger partial charge in [-0.05, 0) is 24.6 Å². The van der Waals surface area contributed by atoms with Crippen LogP contribution in [0.5, 0.6) is 0 Å². The maximum Gasteiger partial charge on any atom is 0.295 e. The van der Waals surface area contributed by atoms with Gasteiger partial charge in [-0.15, -0.1) is 0 Å². The molecular weight excluding hydrogens is 466 g/mol. The molecule has 8 nitrogen and oxygen atoms in total. The number of para-hydroxylation sites is 1. The molecule has 2 heterocycles. The molecule has 0 bridgehead atoms. The van der Waals surface area contributed by atoms with E-state index in [2.05, 4.69) is 10.4 Å². The van der Waals surface area contributed by atoms with Gasteiger partial charge in [0.2, 0.25) is 0 Å². The van der Waals surface area contributed by atoms with Crippen molar-refractivity contribution in [3.63, 3.8) is 0 Å². The van der Waals surface area contributed by atoms with Gasteiger partial charge in [0, 0.05) is 25.2 Å². The quantitative estimate of drug-likeness (QED) is 0.400. The second kappa shape index (κ2) is 9.58. The lowest BCUT2D eigenvalue weighted by atomic mass is 9.95. The fraction of sp³-hybridized carbons (Fsp3) is 0.103. The number of aromatic nitrogens is 4. The number of hydrogen-bond donors (Lipinski definition) is 1. The number of rotatable bonds is 5. The number of amides is 1. The monoisotopic (exact) mass is 491 g/mol. The number of carbonyl (C=O) groups excluding carboxylic acids is 1. The molecule has 3 aromatic carbocycles. The Kier molecular flexibility index (Phi) is 6.15. The van der Waals surface area contributed by atoms with Crippen LogP contribution in [0, 0.1) is 6.92 Å². The first kappa shape index (κ1) is 23.7. The van der Waals surface area contributed by atoms with Crippen molar-refractivity contribution in [2.75, 3.05) is 5.32 Å². The number of aryl methyl sites for hydroxylation is 1. The van der Waals surface area contributed by atoms with Crippen LogP contribution in [0.15, 0.2) is 101 Å². The topological polar surface area (TPSA) is 90.9 Å². The van der Waals surface area contributed by atoms with Crippen molar-refractivity contribution >= 4 is 11.6 Å². The number of nitrogens with zero attached hydrogens (tertiary/aromatic N) is 4. The van der Waals surface area contributed by atoms with E-state index < -0.39 is 17.0 Å². The predicted molar refractivity (Wildman–Crippen MR) is 144 cm³/mol. The molecule has 1 N–H and O–H groups in total. The highest BCUT2D eigenvalue weighted by atomic mass is 16.2. The van der Waals surface area contributed by atoms with Gasteiger partial charge in [-0.25, -0.2) is 9.36 Å². The van der Waals surface area contributed by atoms with Crippen LogP contribution in [0.25, 0.3) is 28.1 Å². The maximum atomic E-state index is 13.8. The summed E-state index contributed by atoms with van der Waals surface area (Å²) in [7, 11) is 3.25. The van der Waals surface area contributed by atoms with E-state index in [0.717, 1.165) is 10.2 Å². The average Bonchev–Trinajstić information content (AvgIpc) is 3.14. The summed E-state index contributed by atoms with van der Waals surface area (Å²) in [4.78, 5) is 40.6. The lowest BCUT2D eigenvalue weighted by Gasteiger charge is -2.15. The van der Waals surface area contributed by atoms with E-state index in [1.54, 1.807) is 18.7 Å². The average molecular weight is 492 g/mol. The molecule has 0 atom stereocenters. The summed E-state index contributed by atoms with van der Waals surface area (Å²) in [5.74, 6) is -0.676. The molecule has 0 saturated heterocycles. The van der Waals surface area contributed by atoms with Crippen LogP contribution in [0.2, 0.25) is 0 Å². The Morgan fingerprint density at radius 3 is 1.89 bits per heavy atom. The lowest BCUT2D eigenvalue weighted by Crippen LogP contribution is -2.32. The smallest absolute Gasteiger partial charge is 0.295 e. The number of nitrogens with one attached hydrogen (secondary N) is 1. The first-order valence-corrected chi connectivity index (χ1v) is 11.8. The molecule has 37 heavy (non-hydrogen) atoms. The molecule has 1 amide bonds. The molecule has 0 unspecified atom stereocenters. The normalized spacial score (nSPS) is 10.9. The molecule has 0 saturated carbocycles. The summed E-state index contributed by atoms with van der Waals surface area (Å²) in [6, 6.07) is 27.7. The Morgan fingerprint density at radius 1 is 0.757 bits per heavy atom. The van der Waals surface area contributed by atoms with Crippen molar-refractivity contribution in [2.45, 2.75) is 6.92 Å². The zero-order valence-electron chi connectivity index (χ0n) is 20.7. The Bertz CT molecular complexity index is 1720. The standard InChI is InChI=1S/C29H25N5O3/c1-19-25(29(37)34(33(19)3)22-17-11-6-12-18-22)30-27(35)24-23(20-13-7-4-8-14-20)26(31-32(2)28(24)36)21-15-9-5-10-16-21/h4-18H,1-3H3,(H,30,35). The van der Waals surface area contributed by atoms with E-state index in [1.165, 1.54) is 11.7 Å². The molecule has 2 aromatic heterocycles. The van der Waals surface area contributed by atoms with E-state index in [0.29, 0.717) is 28.2 Å². The van der Waals surface area contributed by atoms with Gasteiger partial charge in [-0.1, -0.05) is 78.9 Å². The molecule has 5 rings (SSSR count). The molecule has 0 radical (unpaired) electrons. The molecule has 184 valence electrons. The van der Waals surface area contributed by atoms with Gasteiger partial charge in [0.05, 0.1) is 17.1 Å². The Balaban J connectivity index is 1.70. The summed E-state index contributed by atoms with van der Waals surface area (Å²) >= 11 is 0. The van der Waals surface area contributed by atoms with E-state index in [9.17, 15) is 14.4 Å². The first-order chi connectivity index (χ1) is 17.9. The van der Waals surface area contributed by atoms with Crippen LogP contribution >= 0.6 is 0 Å². The van der Waals surface area contributed by atoms with Crippen molar-refractivity contribution in [1.29, 1.82) is 0 Å². The molecule has 0 aliphatic carbocycles. The van der Waals surface area contributed by atoms with Crippen LogP contribution in [-0.2, 0) is 14.1 Å². The summed E-state index contributed by atoms with van der Waals surface area (Å²) in [5.41, 5.74) is 2.61. The van der Waals surface area contributed by atoms with Gasteiger partial charge in [0.1, 0.15) is 11.3 Å². The first-order valence-electron chi connectivity index (χ1n) is 11.8. The maximum absolute atomic E-state index is 13.8. The van der Waals surface area contributed by atoms with Crippen molar-refractivity contribution < 1.29 is 4.79 Å². The van der Waals surface area contributed by atoms with Gasteiger partial charge in [-0.2, -0.15) is 5.10 Å². The second-order valence-corrected chi connectivity index (χ2v) is 8.65. The van der Waals surface area contributed by atoms with Gasteiger partial charge in [-0.3, -0.25) is 19.1 Å². The van der Waals surface area contributed by atoms with Crippen molar-refractivity contribution in [1.82, 2.24) is 19.1 Å². The van der Waals surface area contributed by atoms with Gasteiger partial charge >= 0.3 is 0 Å². The molecule has 0 fully saturated rings. The van der Waals surface area contributed by atoms with Crippen LogP contribution in [0.3, 0.4) is 0 Å². The van der Waals surface area contributed by atoms with Crippen molar-refractivity contribution in [3.8, 4) is 28.1 Å². The fourth-order valence-electron chi connectivity index (χ4n) is 4.42. The molecule has 0 aliphatic heterocycles. The molecule has 0 spiro atoms. The highest BCUT2D eigenvalue weighted by Crippen LogP contribution is 2.32. The Hall–Kier alpha value is -4.98. The lowest BCUT2D eigenvalue weighted by molar-refractivity contribution is 0.102. The van der Waals surface area contributed by atoms with Gasteiger partial charge in [0.25, 0.3) is 17.0 Å². The van der Waals surface area contributed by atoms with Gasteiger partial charge < -0.3 is 5.32 Å². The van der Waals surface area contributed by atoms with Crippen molar-refractivity contribution in [3.05, 3.63) is 123 Å². The SMILES string of the molecule is Cc1c(NC(=O)c2c(-c3ccccc3)c(-c3ccccc3)nn(C)c2=O)c(=O)n(-c2ccccc2)n1C. The largest absolute Gasteiger partial charge is 0.316 e. The molecule has 5 aromatic rings. The second-order valence-electron chi connectivity index (χ2n) is 8.65. The Labute approximate surface area is 213 Å². The zero-order valence-corrected chi connectivity index (χ0v) is 20.7. The number of hydrogen-bond acceptors (Lipinski definition) is 4. The molecule has 8 heteroatoms. The minimum Gasteiger partial charge on any atom is -0.316 e. The zero-order chi connectivity index (χ0) is 26.1. The van der Waals surface area contributed by atoms with Gasteiger partial charge in [0.15, 0.2) is 0 Å². The van der Waals surface area contributed by atoms with E-state index >= 15 is 0 Å². The Morgan fingerprint density at radius 2 is 1.30 bits per heavy atom. The van der Waals surface area contributed by atoms with Crippen LogP contribution in [0.4, 0.5) is 5.69 Å². The third-order valence-electron chi connectivity index (χ3n) is 6.37. The number of benzene rings is 3.